The molecule has 1 aromatic rings. The maximum absolute atomic E-state index is 9.65. The van der Waals surface area contributed by atoms with E-state index in [1.54, 1.807) is 6.26 Å². The Morgan fingerprint density at radius 3 is 3.07 bits per heavy atom. The topological polar surface area (TPSA) is 48.6 Å². The van der Waals surface area contributed by atoms with Crippen molar-refractivity contribution in [2.24, 2.45) is 0 Å². The van der Waals surface area contributed by atoms with Gasteiger partial charge in [-0.3, -0.25) is 4.90 Å². The van der Waals surface area contributed by atoms with Crippen LogP contribution in [0.3, 0.4) is 0 Å². The molecule has 14 heavy (non-hydrogen) atoms. The number of hydrogen-bond donors (Lipinski definition) is 2. The van der Waals surface area contributed by atoms with Crippen molar-refractivity contribution in [3.8, 4) is 0 Å². The highest BCUT2D eigenvalue weighted by atomic mass is 16.3. The predicted molar refractivity (Wildman–Crippen MR) is 52.8 cm³/mol. The third kappa shape index (κ3) is 1.97. The molecule has 1 fully saturated rings. The quantitative estimate of drug-likeness (QED) is 0.717. The lowest BCUT2D eigenvalue weighted by atomic mass is 10.2. The molecule has 1 aromatic heterocycles. The monoisotopic (exact) mass is 196 g/mol. The van der Waals surface area contributed by atoms with Crippen LogP contribution in [0.25, 0.3) is 0 Å². The molecule has 1 saturated heterocycles. The van der Waals surface area contributed by atoms with Crippen LogP contribution in [0.1, 0.15) is 5.76 Å². The zero-order valence-electron chi connectivity index (χ0n) is 8.31. The number of rotatable bonds is 3. The molecule has 2 heterocycles. The Balaban J connectivity index is 1.92. The number of aliphatic hydroxyl groups is 1. The molecule has 0 amide bonds. The first-order valence-electron chi connectivity index (χ1n) is 4.89. The molecule has 0 spiro atoms. The lowest BCUT2D eigenvalue weighted by Crippen LogP contribution is -2.40. The molecule has 4 nitrogen and oxygen atoms in total. The number of nitrogens with one attached hydrogen (secondary N) is 1. The molecule has 2 unspecified atom stereocenters. The minimum atomic E-state index is -0.269. The fraction of sp³-hybridized carbons (Fsp3) is 0.600. The Labute approximate surface area is 83.5 Å². The lowest BCUT2D eigenvalue weighted by Gasteiger charge is -2.25. The van der Waals surface area contributed by atoms with Gasteiger partial charge in [0, 0.05) is 19.1 Å². The maximum atomic E-state index is 9.65. The van der Waals surface area contributed by atoms with Crippen molar-refractivity contribution in [2.45, 2.75) is 18.7 Å². The van der Waals surface area contributed by atoms with E-state index >= 15 is 0 Å². The largest absolute Gasteiger partial charge is 0.468 e. The molecule has 0 saturated carbocycles. The third-order valence-corrected chi connectivity index (χ3v) is 2.70. The normalized spacial score (nSPS) is 27.4. The summed E-state index contributed by atoms with van der Waals surface area (Å²) >= 11 is 0. The van der Waals surface area contributed by atoms with Crippen LogP contribution < -0.4 is 5.32 Å². The Morgan fingerprint density at radius 1 is 1.64 bits per heavy atom. The van der Waals surface area contributed by atoms with Gasteiger partial charge in [0.25, 0.3) is 0 Å². The second-order valence-corrected chi connectivity index (χ2v) is 3.79. The van der Waals surface area contributed by atoms with Crippen LogP contribution in [0.2, 0.25) is 0 Å². The average Bonchev–Trinajstić information content (AvgIpc) is 2.75. The van der Waals surface area contributed by atoms with E-state index in [1.165, 1.54) is 0 Å². The minimum absolute atomic E-state index is 0.195. The van der Waals surface area contributed by atoms with Gasteiger partial charge >= 0.3 is 0 Å². The summed E-state index contributed by atoms with van der Waals surface area (Å²) < 4.78 is 5.26. The first kappa shape index (κ1) is 9.71. The van der Waals surface area contributed by atoms with E-state index in [9.17, 15) is 5.11 Å². The lowest BCUT2D eigenvalue weighted by molar-refractivity contribution is 0.0915. The summed E-state index contributed by atoms with van der Waals surface area (Å²) in [5, 5.41) is 12.8. The fourth-order valence-corrected chi connectivity index (χ4v) is 1.87. The van der Waals surface area contributed by atoms with E-state index in [0.717, 1.165) is 18.8 Å². The minimum Gasteiger partial charge on any atom is -0.468 e. The zero-order valence-corrected chi connectivity index (χ0v) is 8.31. The molecule has 2 N–H and O–H groups in total. The molecule has 1 aliphatic rings. The van der Waals surface area contributed by atoms with Crippen molar-refractivity contribution in [1.29, 1.82) is 0 Å². The van der Waals surface area contributed by atoms with Gasteiger partial charge in [0.1, 0.15) is 5.76 Å². The van der Waals surface area contributed by atoms with Crippen LogP contribution in [-0.4, -0.2) is 42.3 Å². The van der Waals surface area contributed by atoms with Crippen molar-refractivity contribution in [3.63, 3.8) is 0 Å². The summed E-state index contributed by atoms with van der Waals surface area (Å²) in [4.78, 5) is 2.11. The molecular formula is C10H16N2O2. The Morgan fingerprint density at radius 2 is 2.50 bits per heavy atom. The molecule has 4 heteroatoms. The second kappa shape index (κ2) is 4.13. The first-order chi connectivity index (χ1) is 6.77. The average molecular weight is 196 g/mol. The number of aliphatic hydroxyl groups excluding tert-OH is 1. The second-order valence-electron chi connectivity index (χ2n) is 3.79. The van der Waals surface area contributed by atoms with Gasteiger partial charge in [-0.05, 0) is 19.2 Å². The van der Waals surface area contributed by atoms with Crippen LogP contribution in [0, 0.1) is 0 Å². The Kier molecular flexibility index (Phi) is 2.86. The molecule has 0 aliphatic carbocycles. The van der Waals surface area contributed by atoms with E-state index < -0.39 is 0 Å². The molecule has 1 aliphatic heterocycles. The summed E-state index contributed by atoms with van der Waals surface area (Å²) in [6.07, 6.45) is 1.40. The highest BCUT2D eigenvalue weighted by molar-refractivity contribution is 4.99. The third-order valence-electron chi connectivity index (χ3n) is 2.70. The van der Waals surface area contributed by atoms with Crippen LogP contribution >= 0.6 is 0 Å². The molecule has 2 atom stereocenters. The van der Waals surface area contributed by atoms with E-state index in [-0.39, 0.29) is 12.1 Å². The summed E-state index contributed by atoms with van der Waals surface area (Å²) in [5.41, 5.74) is 0. The van der Waals surface area contributed by atoms with Gasteiger partial charge in [-0.25, -0.2) is 0 Å². The van der Waals surface area contributed by atoms with Gasteiger partial charge in [-0.1, -0.05) is 0 Å². The Bertz CT molecular complexity index is 274. The van der Waals surface area contributed by atoms with E-state index in [4.69, 9.17) is 4.42 Å². The van der Waals surface area contributed by atoms with Crippen LogP contribution in [0.4, 0.5) is 0 Å². The van der Waals surface area contributed by atoms with Gasteiger partial charge in [0.15, 0.2) is 0 Å². The smallest absolute Gasteiger partial charge is 0.117 e. The van der Waals surface area contributed by atoms with Crippen LogP contribution in [0.5, 0.6) is 0 Å². The molecule has 0 bridgehead atoms. The molecule has 0 radical (unpaired) electrons. The van der Waals surface area contributed by atoms with Crippen LogP contribution in [-0.2, 0) is 6.54 Å². The number of likely N-dealkylation sites (N-methyl/N-ethyl adjacent to an activating group) is 1. The van der Waals surface area contributed by atoms with Crippen LogP contribution in [0.15, 0.2) is 22.8 Å². The van der Waals surface area contributed by atoms with Gasteiger partial charge in [-0.2, -0.15) is 0 Å². The van der Waals surface area contributed by atoms with Crippen molar-refractivity contribution < 1.29 is 9.52 Å². The van der Waals surface area contributed by atoms with E-state index in [1.807, 2.05) is 19.2 Å². The summed E-state index contributed by atoms with van der Waals surface area (Å²) in [5.74, 6) is 0.937. The summed E-state index contributed by atoms with van der Waals surface area (Å²) in [7, 11) is 2.00. The number of β-amino-alcohol motifs (C(OH)–C–C–N with tert-alkyl or cyclic N) is 1. The number of furan rings is 1. The first-order valence-corrected chi connectivity index (χ1v) is 4.89. The molecule has 0 aromatic carbocycles. The highest BCUT2D eigenvalue weighted by Crippen LogP contribution is 2.11. The van der Waals surface area contributed by atoms with Crippen molar-refractivity contribution in [2.75, 3.05) is 20.1 Å². The summed E-state index contributed by atoms with van der Waals surface area (Å²) in [6, 6.07) is 4.03. The highest BCUT2D eigenvalue weighted by Gasteiger charge is 2.28. The van der Waals surface area contributed by atoms with Crippen molar-refractivity contribution in [3.05, 3.63) is 24.2 Å². The van der Waals surface area contributed by atoms with Gasteiger partial charge in [-0.15, -0.1) is 0 Å². The molecule has 2 rings (SSSR count). The maximum Gasteiger partial charge on any atom is 0.117 e. The molecule has 78 valence electrons. The van der Waals surface area contributed by atoms with E-state index in [0.29, 0.717) is 6.54 Å². The van der Waals surface area contributed by atoms with Crippen molar-refractivity contribution >= 4 is 0 Å². The number of nitrogens with zero attached hydrogens (tertiary/aromatic N) is 1. The molecular weight excluding hydrogens is 180 g/mol. The fourth-order valence-electron chi connectivity index (χ4n) is 1.87. The van der Waals surface area contributed by atoms with Gasteiger partial charge < -0.3 is 14.8 Å². The SMILES string of the molecule is CN(Cc1ccco1)C1CNCC1O. The van der Waals surface area contributed by atoms with E-state index in [2.05, 4.69) is 10.2 Å². The Hall–Kier alpha value is -0.840. The predicted octanol–water partition coefficient (Wildman–Crippen LogP) is 0.0441. The van der Waals surface area contributed by atoms with Gasteiger partial charge in [0.05, 0.1) is 18.9 Å². The van der Waals surface area contributed by atoms with Crippen molar-refractivity contribution in [1.82, 2.24) is 10.2 Å². The van der Waals surface area contributed by atoms with Gasteiger partial charge in [0.2, 0.25) is 0 Å². The zero-order chi connectivity index (χ0) is 9.97. The summed E-state index contributed by atoms with van der Waals surface area (Å²) in [6.45, 7) is 2.28. The standard InChI is InChI=1S/C10H16N2O2/c1-12(7-8-3-2-4-14-8)9-5-11-6-10(9)13/h2-4,9-11,13H,5-7H2,1H3. The number of hydrogen-bond acceptors (Lipinski definition) is 4.